The lowest BCUT2D eigenvalue weighted by molar-refractivity contribution is -0.160. The molecule has 8 heteroatoms. The molecule has 4 heterocycles. The first-order chi connectivity index (χ1) is 17.5. The van der Waals surface area contributed by atoms with Gasteiger partial charge in [0.2, 0.25) is 0 Å². The van der Waals surface area contributed by atoms with Crippen molar-refractivity contribution in [2.45, 2.75) is 84.5 Å². The summed E-state index contributed by atoms with van der Waals surface area (Å²) < 4.78 is 18.1. The molecule has 2 aliphatic heterocycles. The molecule has 1 spiro atoms. The van der Waals surface area contributed by atoms with Gasteiger partial charge in [0, 0.05) is 42.7 Å². The molecule has 0 aliphatic carbocycles. The quantitative estimate of drug-likeness (QED) is 0.491. The Labute approximate surface area is 220 Å². The van der Waals surface area contributed by atoms with Crippen LogP contribution in [0.5, 0.6) is 5.75 Å². The van der Waals surface area contributed by atoms with Crippen molar-refractivity contribution in [1.82, 2.24) is 9.97 Å². The molecule has 0 unspecified atom stereocenters. The summed E-state index contributed by atoms with van der Waals surface area (Å²) in [4.78, 5) is 24.2. The first kappa shape index (κ1) is 27.3. The number of hydrogen-bond acceptors (Lipinski definition) is 7. The number of hydrogen-bond donors (Lipinski definition) is 1. The molecule has 1 N–H and O–H groups in total. The second kappa shape index (κ2) is 11.0. The van der Waals surface area contributed by atoms with Crippen LogP contribution in [0.2, 0.25) is 0 Å². The van der Waals surface area contributed by atoms with E-state index in [4.69, 9.17) is 19.2 Å². The number of carboxylic acids is 1. The predicted octanol–water partition coefficient (Wildman–Crippen LogP) is 5.58. The third-order valence-corrected chi connectivity index (χ3v) is 7.02. The summed E-state index contributed by atoms with van der Waals surface area (Å²) in [7, 11) is 0. The lowest BCUT2D eigenvalue weighted by Gasteiger charge is -2.41. The third kappa shape index (κ3) is 6.41. The number of pyridine rings is 2. The van der Waals surface area contributed by atoms with Crippen molar-refractivity contribution < 1.29 is 24.1 Å². The number of carbonyl (C=O) groups is 1. The van der Waals surface area contributed by atoms with Gasteiger partial charge in [-0.2, -0.15) is 0 Å². The van der Waals surface area contributed by atoms with Crippen molar-refractivity contribution in [2.24, 2.45) is 5.92 Å². The third-order valence-electron chi connectivity index (χ3n) is 7.02. The smallest absolute Gasteiger partial charge is 0.337 e. The number of rotatable bonds is 8. The van der Waals surface area contributed by atoms with Gasteiger partial charge >= 0.3 is 5.97 Å². The molecule has 8 nitrogen and oxygen atoms in total. The van der Waals surface area contributed by atoms with E-state index in [1.54, 1.807) is 12.4 Å². The normalized spacial score (nSPS) is 18.4. The maximum absolute atomic E-state index is 12.6. The van der Waals surface area contributed by atoms with Gasteiger partial charge in [0.1, 0.15) is 5.75 Å². The maximum Gasteiger partial charge on any atom is 0.337 e. The standard InChI is InChI=1S/C29H41N3O5/c1-19(2)18-35-21-8-9-23(31-16-21)22-17-30-20(3)24(26(27(33)34)37-28(4,5)6)25(22)32-13-11-29(12-14-32)10-7-15-36-29/h8-9,16-17,19,26H,7,10-15,18H2,1-6H3,(H,33,34)/t26-/m0/s1. The zero-order valence-electron chi connectivity index (χ0n) is 23.0. The molecule has 0 saturated carbocycles. The van der Waals surface area contributed by atoms with Crippen LogP contribution in [-0.4, -0.2) is 58.5 Å². The van der Waals surface area contributed by atoms with Crippen molar-refractivity contribution >= 4 is 11.7 Å². The first-order valence-corrected chi connectivity index (χ1v) is 13.4. The zero-order valence-corrected chi connectivity index (χ0v) is 23.0. The number of nitrogens with zero attached hydrogens (tertiary/aromatic N) is 3. The van der Waals surface area contributed by atoms with Crippen LogP contribution in [-0.2, 0) is 14.3 Å². The molecule has 0 radical (unpaired) electrons. The van der Waals surface area contributed by atoms with E-state index in [-0.39, 0.29) is 5.60 Å². The SMILES string of the molecule is Cc1ncc(-c2ccc(OCC(C)C)cn2)c(N2CCC3(CCCO3)CC2)c1[C@H](OC(C)(C)C)C(=O)O. The van der Waals surface area contributed by atoms with Crippen LogP contribution < -0.4 is 9.64 Å². The molecule has 1 atom stereocenters. The lowest BCUT2D eigenvalue weighted by Crippen LogP contribution is -2.45. The monoisotopic (exact) mass is 511 g/mol. The Morgan fingerprint density at radius 3 is 2.43 bits per heavy atom. The highest BCUT2D eigenvalue weighted by atomic mass is 16.5. The van der Waals surface area contributed by atoms with Gasteiger partial charge in [-0.1, -0.05) is 13.8 Å². The van der Waals surface area contributed by atoms with Crippen LogP contribution in [0.15, 0.2) is 24.5 Å². The molecule has 0 amide bonds. The molecule has 0 aromatic carbocycles. The number of aromatic nitrogens is 2. The summed E-state index contributed by atoms with van der Waals surface area (Å²) in [5.41, 5.74) is 2.87. The first-order valence-electron chi connectivity index (χ1n) is 13.4. The largest absolute Gasteiger partial charge is 0.492 e. The molecular formula is C29H41N3O5. The minimum Gasteiger partial charge on any atom is -0.492 e. The van der Waals surface area contributed by atoms with E-state index in [1.807, 2.05) is 39.8 Å². The summed E-state index contributed by atoms with van der Waals surface area (Å²) in [6, 6.07) is 3.83. The van der Waals surface area contributed by atoms with Crippen LogP contribution >= 0.6 is 0 Å². The Bertz CT molecular complexity index is 1080. The summed E-state index contributed by atoms with van der Waals surface area (Å²) in [5.74, 6) is 0.0884. The topological polar surface area (TPSA) is 94.0 Å². The van der Waals surface area contributed by atoms with Crippen LogP contribution in [0.1, 0.15) is 77.7 Å². The van der Waals surface area contributed by atoms with Gasteiger partial charge in [0.05, 0.1) is 35.4 Å². The summed E-state index contributed by atoms with van der Waals surface area (Å²) >= 11 is 0. The highest BCUT2D eigenvalue weighted by Gasteiger charge is 2.41. The second-order valence-electron chi connectivity index (χ2n) is 11.7. The summed E-state index contributed by atoms with van der Waals surface area (Å²) in [5, 5.41) is 10.3. The number of carboxylic acid groups (broad SMARTS) is 1. The van der Waals surface area contributed by atoms with Gasteiger partial charge < -0.3 is 24.2 Å². The lowest BCUT2D eigenvalue weighted by atomic mass is 9.87. The molecule has 202 valence electrons. The average molecular weight is 512 g/mol. The maximum atomic E-state index is 12.6. The predicted molar refractivity (Wildman–Crippen MR) is 143 cm³/mol. The number of ether oxygens (including phenoxy) is 3. The Hall–Kier alpha value is -2.71. The van der Waals surface area contributed by atoms with Crippen LogP contribution in [0.4, 0.5) is 5.69 Å². The van der Waals surface area contributed by atoms with Gasteiger partial charge in [-0.3, -0.25) is 9.97 Å². The Morgan fingerprint density at radius 1 is 1.16 bits per heavy atom. The average Bonchev–Trinajstić information content (AvgIpc) is 3.29. The number of aryl methyl sites for hydroxylation is 1. The van der Waals surface area contributed by atoms with E-state index >= 15 is 0 Å². The van der Waals surface area contributed by atoms with E-state index in [0.717, 1.165) is 62.3 Å². The fourth-order valence-corrected chi connectivity index (χ4v) is 5.21. The van der Waals surface area contributed by atoms with E-state index < -0.39 is 17.7 Å². The number of piperidine rings is 1. The minimum absolute atomic E-state index is 0.0549. The molecule has 0 bridgehead atoms. The Balaban J connectivity index is 1.78. The van der Waals surface area contributed by atoms with Crippen molar-refractivity contribution in [3.05, 3.63) is 35.8 Å². The highest BCUT2D eigenvalue weighted by molar-refractivity contribution is 5.85. The van der Waals surface area contributed by atoms with E-state index in [9.17, 15) is 9.90 Å². The van der Waals surface area contributed by atoms with Crippen LogP contribution in [0.25, 0.3) is 11.3 Å². The van der Waals surface area contributed by atoms with Crippen molar-refractivity contribution in [1.29, 1.82) is 0 Å². The summed E-state index contributed by atoms with van der Waals surface area (Å²) in [6.45, 7) is 14.6. The molecule has 2 fully saturated rings. The number of anilines is 1. The van der Waals surface area contributed by atoms with Gasteiger partial charge in [0.15, 0.2) is 6.10 Å². The summed E-state index contributed by atoms with van der Waals surface area (Å²) in [6.07, 6.45) is 6.35. The van der Waals surface area contributed by atoms with E-state index in [0.29, 0.717) is 29.5 Å². The van der Waals surface area contributed by atoms with Crippen molar-refractivity contribution in [2.75, 3.05) is 31.2 Å². The molecule has 2 saturated heterocycles. The zero-order chi connectivity index (χ0) is 26.8. The van der Waals surface area contributed by atoms with Gasteiger partial charge in [-0.25, -0.2) is 4.79 Å². The fourth-order valence-electron chi connectivity index (χ4n) is 5.21. The molecule has 2 aliphatic rings. The number of aliphatic carboxylic acids is 1. The van der Waals surface area contributed by atoms with Crippen LogP contribution in [0, 0.1) is 12.8 Å². The second-order valence-corrected chi connectivity index (χ2v) is 11.7. The molecule has 4 rings (SSSR count). The Morgan fingerprint density at radius 2 is 1.89 bits per heavy atom. The molecule has 37 heavy (non-hydrogen) atoms. The van der Waals surface area contributed by atoms with Gasteiger partial charge in [-0.15, -0.1) is 0 Å². The van der Waals surface area contributed by atoms with Crippen molar-refractivity contribution in [3.8, 4) is 17.0 Å². The fraction of sp³-hybridized carbons (Fsp3) is 0.621. The van der Waals surface area contributed by atoms with Gasteiger partial charge in [0.25, 0.3) is 0 Å². The van der Waals surface area contributed by atoms with Gasteiger partial charge in [-0.05, 0) is 71.4 Å². The Kier molecular flexibility index (Phi) is 8.09. The molecule has 2 aromatic rings. The van der Waals surface area contributed by atoms with Crippen molar-refractivity contribution in [3.63, 3.8) is 0 Å². The van der Waals surface area contributed by atoms with E-state index in [1.165, 1.54) is 0 Å². The van der Waals surface area contributed by atoms with Crippen LogP contribution in [0.3, 0.4) is 0 Å². The molecular weight excluding hydrogens is 470 g/mol. The molecule has 2 aromatic heterocycles. The minimum atomic E-state index is -1.16. The highest BCUT2D eigenvalue weighted by Crippen LogP contribution is 2.44. The van der Waals surface area contributed by atoms with E-state index in [2.05, 4.69) is 23.7 Å².